The fraction of sp³-hybridized carbons (Fsp3) is 0. The third kappa shape index (κ3) is 1.87. The van der Waals surface area contributed by atoms with Crippen LogP contribution in [0.15, 0.2) is 16.0 Å². The summed E-state index contributed by atoms with van der Waals surface area (Å²) in [7, 11) is 1.24. The van der Waals surface area contributed by atoms with Gasteiger partial charge in [0.2, 0.25) is 5.88 Å². The van der Waals surface area contributed by atoms with Crippen LogP contribution in [-0.4, -0.2) is 15.1 Å². The maximum Gasteiger partial charge on any atom is 0.255 e. The summed E-state index contributed by atoms with van der Waals surface area (Å²) in [4.78, 5) is 16.6. The lowest BCUT2D eigenvalue weighted by Gasteiger charge is -1.92. The summed E-state index contributed by atoms with van der Waals surface area (Å²) in [5.74, 6) is -0.247. The van der Waals surface area contributed by atoms with Crippen molar-refractivity contribution < 1.29 is 5.11 Å². The first-order valence-corrected chi connectivity index (χ1v) is 5.67. The van der Waals surface area contributed by atoms with Gasteiger partial charge in [0.05, 0.1) is 6.07 Å². The van der Waals surface area contributed by atoms with Crippen LogP contribution >= 0.6 is 30.1 Å². The van der Waals surface area contributed by atoms with E-state index in [0.717, 1.165) is 6.07 Å². The zero-order valence-corrected chi connectivity index (χ0v) is 7.64. The van der Waals surface area contributed by atoms with E-state index in [1.54, 1.807) is 0 Å². The first-order chi connectivity index (χ1) is 4.72. The number of nitrogens with one attached hydrogen (secondary N) is 1. The van der Waals surface area contributed by atoms with E-state index in [1.165, 1.54) is 8.93 Å². The van der Waals surface area contributed by atoms with E-state index in [0.29, 0.717) is 5.16 Å². The lowest BCUT2D eigenvalue weighted by Crippen LogP contribution is -2.04. The topological polar surface area (TPSA) is 66.0 Å². The van der Waals surface area contributed by atoms with Gasteiger partial charge in [0.25, 0.3) is 5.56 Å². The second-order valence-corrected chi connectivity index (χ2v) is 3.35. The van der Waals surface area contributed by atoms with E-state index in [1.807, 2.05) is 21.2 Å². The largest absolute Gasteiger partial charge is 0.493 e. The molecule has 0 bridgehead atoms. The van der Waals surface area contributed by atoms with Gasteiger partial charge in [0, 0.05) is 21.2 Å². The molecule has 10 heavy (non-hydrogen) atoms. The highest BCUT2D eigenvalue weighted by Gasteiger charge is 1.96. The number of aromatic hydroxyl groups is 1. The Morgan fingerprint density at radius 3 is 3.00 bits per heavy atom. The molecule has 0 radical (unpaired) electrons. The quantitative estimate of drug-likeness (QED) is 0.588. The first kappa shape index (κ1) is 7.86. The predicted octanol–water partition coefficient (Wildman–Crippen LogP) is 0.918. The van der Waals surface area contributed by atoms with Crippen molar-refractivity contribution in [1.82, 2.24) is 9.97 Å². The Morgan fingerprint density at radius 1 is 1.80 bits per heavy atom. The van der Waals surface area contributed by atoms with Crippen LogP contribution in [0.25, 0.3) is 0 Å². The van der Waals surface area contributed by atoms with Crippen LogP contribution in [0.4, 0.5) is 0 Å². The summed E-state index contributed by atoms with van der Waals surface area (Å²) in [6.45, 7) is 0. The third-order valence-corrected chi connectivity index (χ3v) is 2.37. The van der Waals surface area contributed by atoms with Gasteiger partial charge in [-0.15, -0.1) is 0 Å². The van der Waals surface area contributed by atoms with Crippen molar-refractivity contribution in [3.8, 4) is 5.88 Å². The second kappa shape index (κ2) is 3.24. The summed E-state index contributed by atoms with van der Waals surface area (Å²) >= 11 is 1.96. The van der Waals surface area contributed by atoms with Gasteiger partial charge < -0.3 is 10.1 Å². The normalized spacial score (nSPS) is 9.70. The number of halogens is 1. The van der Waals surface area contributed by atoms with Crippen LogP contribution in [0.1, 0.15) is 0 Å². The van der Waals surface area contributed by atoms with Crippen molar-refractivity contribution >= 4 is 30.1 Å². The molecule has 0 aliphatic heterocycles. The number of aromatic amines is 1. The minimum atomic E-state index is -0.341. The van der Waals surface area contributed by atoms with E-state index in [9.17, 15) is 4.79 Å². The van der Waals surface area contributed by atoms with Crippen molar-refractivity contribution in [1.29, 1.82) is 0 Å². The maximum absolute atomic E-state index is 10.6. The molecule has 0 unspecified atom stereocenters. The lowest BCUT2D eigenvalue weighted by molar-refractivity contribution is 0.444. The molecule has 1 heterocycles. The Balaban J connectivity index is 3.19. The minimum absolute atomic E-state index is 0.247. The van der Waals surface area contributed by atoms with Gasteiger partial charge in [0.1, 0.15) is 0 Å². The van der Waals surface area contributed by atoms with Crippen LogP contribution in [0.2, 0.25) is 0 Å². The Morgan fingerprint density at radius 2 is 2.50 bits per heavy atom. The smallest absolute Gasteiger partial charge is 0.255 e. The Bertz CT molecular complexity index is 287. The highest BCUT2D eigenvalue weighted by molar-refractivity contribution is 14.2. The molecule has 4 nitrogen and oxygen atoms in total. The van der Waals surface area contributed by atoms with Crippen LogP contribution in [-0.2, 0) is 0 Å². The zero-order chi connectivity index (χ0) is 7.56. The number of nitrogens with zero attached hydrogens (tertiary/aromatic N) is 1. The molecule has 0 fully saturated rings. The van der Waals surface area contributed by atoms with Crippen LogP contribution in [0.3, 0.4) is 0 Å². The molecule has 54 valence electrons. The molecule has 2 N–H and O–H groups in total. The Hall–Kier alpha value is -0.240. The van der Waals surface area contributed by atoms with Crippen molar-refractivity contribution in [2.45, 2.75) is 5.16 Å². The van der Waals surface area contributed by atoms with Crippen LogP contribution < -0.4 is 5.56 Å². The molecule has 0 aliphatic rings. The van der Waals surface area contributed by atoms with E-state index in [4.69, 9.17) is 5.11 Å². The Labute approximate surface area is 72.7 Å². The number of hydrogen-bond acceptors (Lipinski definition) is 4. The van der Waals surface area contributed by atoms with E-state index in [-0.39, 0.29) is 11.4 Å². The molecular weight excluding hydrogens is 267 g/mol. The highest BCUT2D eigenvalue weighted by atomic mass is 127. The molecule has 0 spiro atoms. The number of aromatic nitrogens is 2. The summed E-state index contributed by atoms with van der Waals surface area (Å²) in [6.07, 6.45) is 0. The fourth-order valence-corrected chi connectivity index (χ4v) is 1.35. The van der Waals surface area contributed by atoms with E-state index < -0.39 is 0 Å². The first-order valence-electron chi connectivity index (χ1n) is 2.31. The van der Waals surface area contributed by atoms with Crippen molar-refractivity contribution in [3.63, 3.8) is 0 Å². The third-order valence-electron chi connectivity index (χ3n) is 0.780. The van der Waals surface area contributed by atoms with Crippen LogP contribution in [0, 0.1) is 0 Å². The molecule has 0 aromatic carbocycles. The maximum atomic E-state index is 10.6. The second-order valence-electron chi connectivity index (χ2n) is 1.49. The number of rotatable bonds is 1. The summed E-state index contributed by atoms with van der Waals surface area (Å²) in [6, 6.07) is 1.02. The predicted molar refractivity (Wildman–Crippen MR) is 46.4 cm³/mol. The molecule has 0 aliphatic carbocycles. The van der Waals surface area contributed by atoms with Crippen molar-refractivity contribution in [2.75, 3.05) is 0 Å². The van der Waals surface area contributed by atoms with Gasteiger partial charge in [-0.3, -0.25) is 4.79 Å². The summed E-state index contributed by atoms with van der Waals surface area (Å²) < 4.78 is 0. The monoisotopic (exact) mass is 270 g/mol. The van der Waals surface area contributed by atoms with Crippen LogP contribution in [0.5, 0.6) is 5.88 Å². The molecule has 0 amide bonds. The highest BCUT2D eigenvalue weighted by Crippen LogP contribution is 2.20. The van der Waals surface area contributed by atoms with E-state index >= 15 is 0 Å². The summed E-state index contributed by atoms with van der Waals surface area (Å²) in [5.41, 5.74) is -0.341. The molecular formula is C4H3IN2O2S. The molecule has 6 heteroatoms. The molecule has 0 saturated carbocycles. The van der Waals surface area contributed by atoms with Crippen molar-refractivity contribution in [2.24, 2.45) is 0 Å². The standard InChI is InChI=1S/C4H3IN2O2S/c5-10-4-6-2(8)1-3(9)7-4/h1H,(H2,6,7,8,9). The lowest BCUT2D eigenvalue weighted by atomic mass is 10.6. The number of H-pyrrole nitrogens is 1. The Kier molecular flexibility index (Phi) is 2.55. The molecule has 0 atom stereocenters. The molecule has 1 aromatic rings. The van der Waals surface area contributed by atoms with Gasteiger partial charge >= 0.3 is 0 Å². The minimum Gasteiger partial charge on any atom is -0.493 e. The summed E-state index contributed by atoms with van der Waals surface area (Å²) in [5, 5.41) is 9.19. The fourth-order valence-electron chi connectivity index (χ4n) is 0.460. The molecule has 0 saturated heterocycles. The van der Waals surface area contributed by atoms with E-state index in [2.05, 4.69) is 9.97 Å². The van der Waals surface area contributed by atoms with Gasteiger partial charge in [-0.25, -0.2) is 0 Å². The average molecular weight is 270 g/mol. The number of hydrogen-bond donors (Lipinski definition) is 2. The average Bonchev–Trinajstić information content (AvgIpc) is 1.85. The van der Waals surface area contributed by atoms with Gasteiger partial charge in [0.15, 0.2) is 5.16 Å². The molecule has 1 aromatic heterocycles. The molecule has 1 rings (SSSR count). The van der Waals surface area contributed by atoms with Gasteiger partial charge in [-0.1, -0.05) is 0 Å². The van der Waals surface area contributed by atoms with Crippen molar-refractivity contribution in [3.05, 3.63) is 16.4 Å². The zero-order valence-electron chi connectivity index (χ0n) is 4.67. The van der Waals surface area contributed by atoms with Gasteiger partial charge in [-0.05, 0) is 8.93 Å². The van der Waals surface area contributed by atoms with Gasteiger partial charge in [-0.2, -0.15) is 4.98 Å². The SMILES string of the molecule is O=c1cc(O)nc(SI)[nH]1.